The quantitative estimate of drug-likeness (QED) is 0.912. The molecule has 0 amide bonds. The molecule has 1 aliphatic heterocycles. The highest BCUT2D eigenvalue weighted by atomic mass is 32.1. The monoisotopic (exact) mass is 343 g/mol. The molecule has 126 valence electrons. The normalized spacial score (nSPS) is 13.8. The molecule has 0 atom stereocenters. The van der Waals surface area contributed by atoms with Gasteiger partial charge < -0.3 is 15.5 Å². The van der Waals surface area contributed by atoms with Gasteiger partial charge >= 0.3 is 0 Å². The Morgan fingerprint density at radius 3 is 2.67 bits per heavy atom. The van der Waals surface area contributed by atoms with E-state index in [4.69, 9.17) is 5.73 Å². The molecule has 0 saturated heterocycles. The minimum Gasteiger partial charge on any atom is -0.389 e. The van der Waals surface area contributed by atoms with Crippen LogP contribution in [-0.2, 0) is 13.0 Å². The summed E-state index contributed by atoms with van der Waals surface area (Å²) in [5.41, 5.74) is 7.70. The maximum absolute atomic E-state index is 9.27. The van der Waals surface area contributed by atoms with Gasteiger partial charge in [-0.1, -0.05) is 13.8 Å². The predicted molar refractivity (Wildman–Crippen MR) is 96.4 cm³/mol. The summed E-state index contributed by atoms with van der Waals surface area (Å²) in [6.45, 7) is 5.60. The lowest BCUT2D eigenvalue weighted by Crippen LogP contribution is -2.32. The Morgan fingerprint density at radius 2 is 2.04 bits per heavy atom. The summed E-state index contributed by atoms with van der Waals surface area (Å²) in [4.78, 5) is 18.9. The standard InChI is InChI=1S/C16H21N7S/c1-9(2)14-19-15(22(3)4)21-16(20-14)23-6-5-10-11(7-17)13(18)24-12(10)8-23/h9H,5-6,8,18H2,1-4H3. The van der Waals surface area contributed by atoms with Crippen molar-refractivity contribution in [3.8, 4) is 6.07 Å². The van der Waals surface area contributed by atoms with E-state index in [1.165, 1.54) is 11.3 Å². The van der Waals surface area contributed by atoms with Crippen molar-refractivity contribution in [1.82, 2.24) is 15.0 Å². The van der Waals surface area contributed by atoms with Crippen LogP contribution in [0.25, 0.3) is 0 Å². The van der Waals surface area contributed by atoms with Gasteiger partial charge in [0.25, 0.3) is 0 Å². The molecule has 3 heterocycles. The van der Waals surface area contributed by atoms with Gasteiger partial charge in [-0.15, -0.1) is 11.3 Å². The van der Waals surface area contributed by atoms with Crippen LogP contribution >= 0.6 is 11.3 Å². The zero-order valence-electron chi connectivity index (χ0n) is 14.4. The molecule has 0 aromatic carbocycles. The number of anilines is 3. The first kappa shape index (κ1) is 16.5. The highest BCUT2D eigenvalue weighted by Gasteiger charge is 2.26. The molecular weight excluding hydrogens is 322 g/mol. The Hall–Kier alpha value is -2.40. The van der Waals surface area contributed by atoms with E-state index >= 15 is 0 Å². The van der Waals surface area contributed by atoms with Crippen LogP contribution in [0.4, 0.5) is 16.9 Å². The third kappa shape index (κ3) is 2.87. The van der Waals surface area contributed by atoms with Crippen molar-refractivity contribution in [2.45, 2.75) is 32.7 Å². The molecule has 7 nitrogen and oxygen atoms in total. The summed E-state index contributed by atoms with van der Waals surface area (Å²) < 4.78 is 0. The van der Waals surface area contributed by atoms with Gasteiger partial charge in [0.1, 0.15) is 16.9 Å². The number of rotatable bonds is 3. The van der Waals surface area contributed by atoms with Crippen LogP contribution in [0, 0.1) is 11.3 Å². The molecular formula is C16H21N7S. The van der Waals surface area contributed by atoms with Crippen LogP contribution in [0.1, 0.15) is 41.6 Å². The van der Waals surface area contributed by atoms with Crippen LogP contribution in [0.5, 0.6) is 0 Å². The molecule has 0 saturated carbocycles. The molecule has 2 aromatic rings. The van der Waals surface area contributed by atoms with Gasteiger partial charge in [-0.05, 0) is 12.0 Å². The minimum absolute atomic E-state index is 0.230. The number of hydrogen-bond donors (Lipinski definition) is 1. The number of aromatic nitrogens is 3. The first-order valence-electron chi connectivity index (χ1n) is 7.89. The average Bonchev–Trinajstić information content (AvgIpc) is 2.88. The molecule has 0 spiro atoms. The lowest BCUT2D eigenvalue weighted by atomic mass is 10.0. The largest absolute Gasteiger partial charge is 0.389 e. The van der Waals surface area contributed by atoms with E-state index in [0.29, 0.717) is 29.0 Å². The number of nitrogen functional groups attached to an aromatic ring is 1. The molecule has 8 heteroatoms. The van der Waals surface area contributed by atoms with E-state index in [9.17, 15) is 5.26 Å². The number of fused-ring (bicyclic) bond motifs is 1. The Labute approximate surface area is 145 Å². The van der Waals surface area contributed by atoms with Gasteiger partial charge in [0, 0.05) is 31.4 Å². The highest BCUT2D eigenvalue weighted by Crippen LogP contribution is 2.35. The lowest BCUT2D eigenvalue weighted by molar-refractivity contribution is 0.688. The Morgan fingerprint density at radius 1 is 1.29 bits per heavy atom. The lowest BCUT2D eigenvalue weighted by Gasteiger charge is -2.28. The molecule has 0 aliphatic carbocycles. The van der Waals surface area contributed by atoms with E-state index in [0.717, 1.165) is 29.2 Å². The van der Waals surface area contributed by atoms with Gasteiger partial charge in [-0.2, -0.15) is 20.2 Å². The molecule has 0 bridgehead atoms. The van der Waals surface area contributed by atoms with Crippen LogP contribution in [-0.4, -0.2) is 35.6 Å². The zero-order chi connectivity index (χ0) is 17.4. The Bertz CT molecular complexity index is 777. The smallest absolute Gasteiger partial charge is 0.230 e. The Balaban J connectivity index is 1.97. The van der Waals surface area contributed by atoms with Crippen molar-refractivity contribution < 1.29 is 0 Å². The fraction of sp³-hybridized carbons (Fsp3) is 0.500. The topological polar surface area (TPSA) is 95.0 Å². The third-order valence-corrected chi connectivity index (χ3v) is 5.07. The molecule has 2 aromatic heterocycles. The van der Waals surface area contributed by atoms with E-state index in [1.54, 1.807) is 0 Å². The molecule has 0 radical (unpaired) electrons. The SMILES string of the molecule is CC(C)c1nc(N(C)C)nc(N2CCc3c(sc(N)c3C#N)C2)n1. The first-order valence-corrected chi connectivity index (χ1v) is 8.70. The molecule has 24 heavy (non-hydrogen) atoms. The second kappa shape index (κ2) is 6.24. The summed E-state index contributed by atoms with van der Waals surface area (Å²) in [6, 6.07) is 2.23. The van der Waals surface area contributed by atoms with Gasteiger partial charge in [0.15, 0.2) is 0 Å². The number of nitriles is 1. The third-order valence-electron chi connectivity index (χ3n) is 4.02. The first-order chi connectivity index (χ1) is 11.4. The number of hydrogen-bond acceptors (Lipinski definition) is 8. The molecule has 0 unspecified atom stereocenters. The van der Waals surface area contributed by atoms with Crippen molar-refractivity contribution in [2.75, 3.05) is 36.2 Å². The second-order valence-electron chi connectivity index (χ2n) is 6.37. The fourth-order valence-corrected chi connectivity index (χ4v) is 3.77. The molecule has 0 fully saturated rings. The minimum atomic E-state index is 0.230. The van der Waals surface area contributed by atoms with Crippen LogP contribution in [0.3, 0.4) is 0 Å². The van der Waals surface area contributed by atoms with Crippen molar-refractivity contribution in [3.63, 3.8) is 0 Å². The van der Waals surface area contributed by atoms with Gasteiger partial charge in [-0.25, -0.2) is 0 Å². The van der Waals surface area contributed by atoms with Crippen LogP contribution in [0.2, 0.25) is 0 Å². The van der Waals surface area contributed by atoms with Gasteiger partial charge in [-0.3, -0.25) is 0 Å². The van der Waals surface area contributed by atoms with E-state index in [-0.39, 0.29) is 5.92 Å². The van der Waals surface area contributed by atoms with Crippen molar-refractivity contribution in [3.05, 3.63) is 21.8 Å². The Kier molecular flexibility index (Phi) is 4.28. The fourth-order valence-electron chi connectivity index (χ4n) is 2.69. The predicted octanol–water partition coefficient (Wildman–Crippen LogP) is 2.14. The summed E-state index contributed by atoms with van der Waals surface area (Å²) >= 11 is 1.49. The molecule has 1 aliphatic rings. The van der Waals surface area contributed by atoms with Crippen molar-refractivity contribution in [2.24, 2.45) is 0 Å². The second-order valence-corrected chi connectivity index (χ2v) is 7.51. The number of nitrogens with two attached hydrogens (primary N) is 1. The number of thiophene rings is 1. The van der Waals surface area contributed by atoms with Crippen LogP contribution < -0.4 is 15.5 Å². The highest BCUT2D eigenvalue weighted by molar-refractivity contribution is 7.16. The van der Waals surface area contributed by atoms with E-state index < -0.39 is 0 Å². The number of nitrogens with zero attached hydrogens (tertiary/aromatic N) is 6. The zero-order valence-corrected chi connectivity index (χ0v) is 15.2. The van der Waals surface area contributed by atoms with Gasteiger partial charge in [0.2, 0.25) is 11.9 Å². The van der Waals surface area contributed by atoms with Crippen molar-refractivity contribution in [1.29, 1.82) is 5.26 Å². The van der Waals surface area contributed by atoms with E-state index in [2.05, 4.69) is 39.8 Å². The van der Waals surface area contributed by atoms with Crippen molar-refractivity contribution >= 4 is 28.2 Å². The van der Waals surface area contributed by atoms with Crippen LogP contribution in [0.15, 0.2) is 0 Å². The maximum Gasteiger partial charge on any atom is 0.230 e. The summed E-state index contributed by atoms with van der Waals surface area (Å²) in [6.07, 6.45) is 0.784. The van der Waals surface area contributed by atoms with E-state index in [1.807, 2.05) is 19.0 Å². The molecule has 2 N–H and O–H groups in total. The summed E-state index contributed by atoms with van der Waals surface area (Å²) in [7, 11) is 3.85. The van der Waals surface area contributed by atoms with Gasteiger partial charge in [0.05, 0.1) is 12.1 Å². The maximum atomic E-state index is 9.27. The summed E-state index contributed by atoms with van der Waals surface area (Å²) in [5, 5.41) is 9.87. The average molecular weight is 343 g/mol. The summed E-state index contributed by atoms with van der Waals surface area (Å²) in [5.74, 6) is 2.37. The molecule has 3 rings (SSSR count).